The molecule has 1 aromatic heterocycles. The molecule has 0 unspecified atom stereocenters. The van der Waals surface area contributed by atoms with Gasteiger partial charge in [-0.1, -0.05) is 60.1 Å². The van der Waals surface area contributed by atoms with Crippen molar-refractivity contribution in [3.8, 4) is 5.69 Å². The van der Waals surface area contributed by atoms with E-state index in [0.717, 1.165) is 32.4 Å². The first-order chi connectivity index (χ1) is 16.1. The van der Waals surface area contributed by atoms with Crippen LogP contribution in [0.1, 0.15) is 28.8 Å². The van der Waals surface area contributed by atoms with Crippen LogP contribution in [-0.2, 0) is 6.42 Å². The number of nitrogens with zero attached hydrogens (tertiary/aromatic N) is 2. The van der Waals surface area contributed by atoms with E-state index in [1.807, 2.05) is 29.2 Å². The largest absolute Gasteiger partial charge is 0.339 e. The number of carbonyl (C=O) groups excluding carboxylic acids is 1. The van der Waals surface area contributed by atoms with Gasteiger partial charge in [0.2, 0.25) is 0 Å². The summed E-state index contributed by atoms with van der Waals surface area (Å²) >= 11 is 6.03. The molecule has 4 nitrogen and oxygen atoms in total. The highest BCUT2D eigenvalue weighted by atomic mass is 35.5. The summed E-state index contributed by atoms with van der Waals surface area (Å²) in [5.41, 5.74) is 2.45. The van der Waals surface area contributed by atoms with Crippen LogP contribution in [0.5, 0.6) is 0 Å². The van der Waals surface area contributed by atoms with Gasteiger partial charge in [-0.25, -0.2) is 0 Å². The van der Waals surface area contributed by atoms with Gasteiger partial charge in [-0.15, -0.1) is 0 Å². The number of hydrogen-bond donors (Lipinski definition) is 0. The number of piperidine rings is 1. The normalized spacial score (nSPS) is 14.5. The van der Waals surface area contributed by atoms with Crippen LogP contribution >= 0.6 is 11.6 Å². The molecule has 0 bridgehead atoms. The maximum atomic E-state index is 13.6. The fourth-order valence-electron chi connectivity index (χ4n) is 4.71. The number of amides is 1. The first-order valence-electron chi connectivity index (χ1n) is 11.3. The van der Waals surface area contributed by atoms with Gasteiger partial charge in [-0.05, 0) is 61.1 Å². The second kappa shape index (κ2) is 9.24. The lowest BCUT2D eigenvalue weighted by Crippen LogP contribution is -2.39. The molecule has 1 aliphatic rings. The minimum Gasteiger partial charge on any atom is -0.339 e. The summed E-state index contributed by atoms with van der Waals surface area (Å²) in [4.78, 5) is 28.7. The molecule has 0 atom stereocenters. The van der Waals surface area contributed by atoms with Crippen LogP contribution in [0.15, 0.2) is 89.9 Å². The molecule has 0 N–H and O–H groups in total. The van der Waals surface area contributed by atoms with E-state index in [-0.39, 0.29) is 11.5 Å². The Bertz CT molecular complexity index is 1340. The summed E-state index contributed by atoms with van der Waals surface area (Å²) in [6.07, 6.45) is 4.70. The van der Waals surface area contributed by atoms with E-state index in [1.54, 1.807) is 41.1 Å². The predicted molar refractivity (Wildman–Crippen MR) is 133 cm³/mol. The molecule has 1 aliphatic heterocycles. The maximum Gasteiger partial charge on any atom is 0.262 e. The highest BCUT2D eigenvalue weighted by Crippen LogP contribution is 2.25. The summed E-state index contributed by atoms with van der Waals surface area (Å²) in [6.45, 7) is 1.45. The summed E-state index contributed by atoms with van der Waals surface area (Å²) in [7, 11) is 0. The van der Waals surface area contributed by atoms with Crippen molar-refractivity contribution in [2.45, 2.75) is 19.3 Å². The van der Waals surface area contributed by atoms with Gasteiger partial charge in [0, 0.05) is 40.8 Å². The number of benzene rings is 3. The minimum absolute atomic E-state index is 0.0212. The Labute approximate surface area is 198 Å². The van der Waals surface area contributed by atoms with Gasteiger partial charge in [0.15, 0.2) is 0 Å². The van der Waals surface area contributed by atoms with Crippen LogP contribution in [0.4, 0.5) is 0 Å². The van der Waals surface area contributed by atoms with Crippen LogP contribution in [0.2, 0.25) is 5.02 Å². The number of likely N-dealkylation sites (tertiary alicyclic amines) is 1. The minimum atomic E-state index is -0.147. The van der Waals surface area contributed by atoms with Gasteiger partial charge in [0.25, 0.3) is 11.5 Å². The average Bonchev–Trinajstić information content (AvgIpc) is 2.86. The molecule has 1 amide bonds. The highest BCUT2D eigenvalue weighted by Gasteiger charge is 2.26. The van der Waals surface area contributed by atoms with E-state index in [9.17, 15) is 9.59 Å². The Hall–Kier alpha value is -3.37. The van der Waals surface area contributed by atoms with Crippen molar-refractivity contribution in [1.82, 2.24) is 9.47 Å². The fourth-order valence-corrected chi connectivity index (χ4v) is 4.84. The van der Waals surface area contributed by atoms with Crippen LogP contribution < -0.4 is 5.56 Å². The molecule has 5 heteroatoms. The first-order valence-corrected chi connectivity index (χ1v) is 11.7. The van der Waals surface area contributed by atoms with E-state index in [1.165, 1.54) is 5.56 Å². The smallest absolute Gasteiger partial charge is 0.262 e. The van der Waals surface area contributed by atoms with Gasteiger partial charge in [-0.2, -0.15) is 0 Å². The molecule has 0 saturated carbocycles. The Morgan fingerprint density at radius 2 is 1.48 bits per heavy atom. The fraction of sp³-hybridized carbons (Fsp3) is 0.214. The first kappa shape index (κ1) is 21.5. The zero-order valence-corrected chi connectivity index (χ0v) is 19.0. The topological polar surface area (TPSA) is 42.3 Å². The standard InChI is InChI=1S/C28H25ClN2O2/c29-22-10-12-23(13-11-22)31-19-26(24-8-4-5-9-25(24)28(31)33)27(32)30-16-14-21(15-17-30)18-20-6-2-1-3-7-20/h1-13,19,21H,14-18H2. The Balaban J connectivity index is 1.43. The van der Waals surface area contributed by atoms with E-state index >= 15 is 0 Å². The van der Waals surface area contributed by atoms with Crippen LogP contribution in [0, 0.1) is 5.92 Å². The number of fused-ring (bicyclic) bond motifs is 1. The van der Waals surface area contributed by atoms with Crippen molar-refractivity contribution in [2.24, 2.45) is 5.92 Å². The number of aromatic nitrogens is 1. The van der Waals surface area contributed by atoms with Crippen molar-refractivity contribution in [3.05, 3.63) is 112 Å². The van der Waals surface area contributed by atoms with E-state index in [0.29, 0.717) is 33.0 Å². The van der Waals surface area contributed by atoms with E-state index in [4.69, 9.17) is 11.6 Å². The zero-order chi connectivity index (χ0) is 22.8. The number of carbonyl (C=O) groups is 1. The monoisotopic (exact) mass is 456 g/mol. The number of rotatable bonds is 4. The third-order valence-corrected chi connectivity index (χ3v) is 6.78. The van der Waals surface area contributed by atoms with Gasteiger partial charge in [-0.3, -0.25) is 14.2 Å². The van der Waals surface area contributed by atoms with Crippen molar-refractivity contribution < 1.29 is 4.79 Å². The Morgan fingerprint density at radius 3 is 2.18 bits per heavy atom. The molecular weight excluding hydrogens is 432 g/mol. The summed E-state index contributed by atoms with van der Waals surface area (Å²) in [5.74, 6) is 0.559. The average molecular weight is 457 g/mol. The quantitative estimate of drug-likeness (QED) is 0.393. The van der Waals surface area contributed by atoms with Crippen molar-refractivity contribution in [1.29, 1.82) is 0 Å². The van der Waals surface area contributed by atoms with Crippen LogP contribution in [0.25, 0.3) is 16.5 Å². The van der Waals surface area contributed by atoms with E-state index in [2.05, 4.69) is 24.3 Å². The summed E-state index contributed by atoms with van der Waals surface area (Å²) in [6, 6.07) is 25.0. The molecule has 4 aromatic rings. The van der Waals surface area contributed by atoms with Crippen molar-refractivity contribution in [2.75, 3.05) is 13.1 Å². The molecule has 3 aromatic carbocycles. The molecule has 1 fully saturated rings. The number of hydrogen-bond acceptors (Lipinski definition) is 2. The predicted octanol–water partition coefficient (Wildman–Crippen LogP) is 5.74. The Morgan fingerprint density at radius 1 is 0.848 bits per heavy atom. The molecule has 166 valence electrons. The van der Waals surface area contributed by atoms with Gasteiger partial charge in [0.1, 0.15) is 0 Å². The molecule has 0 aliphatic carbocycles. The third kappa shape index (κ3) is 4.44. The molecule has 0 spiro atoms. The third-order valence-electron chi connectivity index (χ3n) is 6.53. The number of pyridine rings is 1. The molecule has 5 rings (SSSR count). The van der Waals surface area contributed by atoms with E-state index < -0.39 is 0 Å². The van der Waals surface area contributed by atoms with Crippen LogP contribution in [0.3, 0.4) is 0 Å². The highest BCUT2D eigenvalue weighted by molar-refractivity contribution is 6.30. The molecule has 1 saturated heterocycles. The molecular formula is C28H25ClN2O2. The van der Waals surface area contributed by atoms with Crippen molar-refractivity contribution >= 4 is 28.3 Å². The molecule has 0 radical (unpaired) electrons. The second-order valence-electron chi connectivity index (χ2n) is 8.67. The van der Waals surface area contributed by atoms with Gasteiger partial charge < -0.3 is 4.90 Å². The molecule has 33 heavy (non-hydrogen) atoms. The lowest BCUT2D eigenvalue weighted by atomic mass is 9.90. The zero-order valence-electron chi connectivity index (χ0n) is 18.3. The van der Waals surface area contributed by atoms with Gasteiger partial charge in [0.05, 0.1) is 5.56 Å². The number of halogens is 1. The molecule has 2 heterocycles. The SMILES string of the molecule is O=C(c1cn(-c2ccc(Cl)cc2)c(=O)c2ccccc12)N1CCC(Cc2ccccc2)CC1. The Kier molecular flexibility index (Phi) is 6.01. The lowest BCUT2D eigenvalue weighted by molar-refractivity contribution is 0.0692. The maximum absolute atomic E-state index is 13.6. The lowest BCUT2D eigenvalue weighted by Gasteiger charge is -2.32. The van der Waals surface area contributed by atoms with Crippen molar-refractivity contribution in [3.63, 3.8) is 0 Å². The van der Waals surface area contributed by atoms with Gasteiger partial charge >= 0.3 is 0 Å². The summed E-state index contributed by atoms with van der Waals surface area (Å²) < 4.78 is 1.55. The summed E-state index contributed by atoms with van der Waals surface area (Å²) in [5, 5.41) is 1.84. The van der Waals surface area contributed by atoms with Crippen LogP contribution in [-0.4, -0.2) is 28.5 Å². The second-order valence-corrected chi connectivity index (χ2v) is 9.10.